The van der Waals surface area contributed by atoms with Crippen molar-refractivity contribution in [3.8, 4) is 0 Å². The summed E-state index contributed by atoms with van der Waals surface area (Å²) in [5.41, 5.74) is 7.55. The SMILES string of the molecule is Nc1ccc(CNP)cc1. The maximum absolute atomic E-state index is 5.50. The third-order valence-electron chi connectivity index (χ3n) is 1.29. The van der Waals surface area contributed by atoms with E-state index in [2.05, 4.69) is 14.5 Å². The Hall–Kier alpha value is -0.590. The van der Waals surface area contributed by atoms with Crippen LogP contribution in [0.5, 0.6) is 0 Å². The van der Waals surface area contributed by atoms with Crippen LogP contribution in [0.1, 0.15) is 5.56 Å². The molecule has 0 saturated heterocycles. The van der Waals surface area contributed by atoms with Crippen LogP contribution in [0.2, 0.25) is 0 Å². The fraction of sp³-hybridized carbons (Fsp3) is 0.143. The molecule has 3 N–H and O–H groups in total. The van der Waals surface area contributed by atoms with Crippen molar-refractivity contribution in [2.45, 2.75) is 6.54 Å². The van der Waals surface area contributed by atoms with E-state index in [-0.39, 0.29) is 0 Å². The average molecular weight is 154 g/mol. The smallest absolute Gasteiger partial charge is 0.0314 e. The molecule has 0 saturated carbocycles. The average Bonchev–Trinajstić information content (AvgIpc) is 1.95. The van der Waals surface area contributed by atoms with Gasteiger partial charge in [-0.2, -0.15) is 0 Å². The molecule has 54 valence electrons. The minimum Gasteiger partial charge on any atom is -0.399 e. The van der Waals surface area contributed by atoms with Gasteiger partial charge in [0.2, 0.25) is 0 Å². The number of nitrogen functional groups attached to an aromatic ring is 1. The van der Waals surface area contributed by atoms with E-state index in [1.807, 2.05) is 24.3 Å². The van der Waals surface area contributed by atoms with Gasteiger partial charge < -0.3 is 5.73 Å². The zero-order valence-corrected chi connectivity index (χ0v) is 6.83. The van der Waals surface area contributed by atoms with Gasteiger partial charge in [-0.25, -0.2) is 0 Å². The second kappa shape index (κ2) is 3.55. The molecule has 0 aliphatic carbocycles. The van der Waals surface area contributed by atoms with Crippen molar-refractivity contribution in [1.82, 2.24) is 5.09 Å². The van der Waals surface area contributed by atoms with E-state index in [4.69, 9.17) is 5.73 Å². The second-order valence-corrected chi connectivity index (χ2v) is 2.53. The molecule has 0 aliphatic heterocycles. The van der Waals surface area contributed by atoms with Gasteiger partial charge in [-0.05, 0) is 17.7 Å². The van der Waals surface area contributed by atoms with Crippen LogP contribution in [-0.2, 0) is 6.54 Å². The molecule has 0 aromatic heterocycles. The molecule has 0 fully saturated rings. The molecule has 1 aromatic rings. The number of nitrogens with one attached hydrogen (secondary N) is 1. The Balaban J connectivity index is 2.69. The summed E-state index contributed by atoms with van der Waals surface area (Å²) in [5.74, 6) is 0. The van der Waals surface area contributed by atoms with Crippen molar-refractivity contribution < 1.29 is 0 Å². The first-order chi connectivity index (χ1) is 4.83. The first-order valence-corrected chi connectivity index (χ1v) is 3.68. The lowest BCUT2D eigenvalue weighted by atomic mass is 10.2. The fourth-order valence-corrected chi connectivity index (χ4v) is 0.989. The molecule has 1 aromatic carbocycles. The lowest BCUT2D eigenvalue weighted by Crippen LogP contribution is -1.97. The third-order valence-corrected chi connectivity index (χ3v) is 1.49. The van der Waals surface area contributed by atoms with Crippen LogP contribution in [0, 0.1) is 0 Å². The van der Waals surface area contributed by atoms with E-state index in [0.29, 0.717) is 0 Å². The van der Waals surface area contributed by atoms with Crippen molar-refractivity contribution in [3.05, 3.63) is 29.8 Å². The molecule has 0 radical (unpaired) electrons. The topological polar surface area (TPSA) is 38.0 Å². The number of rotatable bonds is 2. The summed E-state index contributed by atoms with van der Waals surface area (Å²) in [6.07, 6.45) is 0. The van der Waals surface area contributed by atoms with E-state index in [0.717, 1.165) is 12.2 Å². The quantitative estimate of drug-likeness (QED) is 0.495. The first kappa shape index (κ1) is 7.52. The van der Waals surface area contributed by atoms with Crippen LogP contribution in [-0.4, -0.2) is 0 Å². The maximum Gasteiger partial charge on any atom is 0.0314 e. The summed E-state index contributed by atoms with van der Waals surface area (Å²) in [7, 11) is 2.46. The van der Waals surface area contributed by atoms with Crippen LogP contribution in [0.25, 0.3) is 0 Å². The van der Waals surface area contributed by atoms with Gasteiger partial charge in [0.1, 0.15) is 0 Å². The largest absolute Gasteiger partial charge is 0.399 e. The van der Waals surface area contributed by atoms with Crippen LogP contribution < -0.4 is 10.8 Å². The van der Waals surface area contributed by atoms with Crippen molar-refractivity contribution in [2.75, 3.05) is 5.73 Å². The summed E-state index contributed by atoms with van der Waals surface area (Å²) >= 11 is 0. The highest BCUT2D eigenvalue weighted by molar-refractivity contribution is 7.13. The van der Waals surface area contributed by atoms with Crippen LogP contribution in [0.3, 0.4) is 0 Å². The highest BCUT2D eigenvalue weighted by atomic mass is 31.0. The molecule has 0 spiro atoms. The van der Waals surface area contributed by atoms with Crippen molar-refractivity contribution >= 4 is 15.1 Å². The third kappa shape index (κ3) is 1.98. The first-order valence-electron chi connectivity index (χ1n) is 3.11. The Morgan fingerprint density at radius 2 is 1.90 bits per heavy atom. The van der Waals surface area contributed by atoms with Crippen LogP contribution >= 0.6 is 9.39 Å². The summed E-state index contributed by atoms with van der Waals surface area (Å²) in [4.78, 5) is 0. The van der Waals surface area contributed by atoms with E-state index in [1.165, 1.54) is 5.56 Å². The molecule has 0 amide bonds. The molecule has 0 bridgehead atoms. The minimum absolute atomic E-state index is 0.813. The van der Waals surface area contributed by atoms with Gasteiger partial charge in [-0.1, -0.05) is 21.5 Å². The Kier molecular flexibility index (Phi) is 2.67. The normalized spacial score (nSPS) is 9.70. The molecular weight excluding hydrogens is 143 g/mol. The van der Waals surface area contributed by atoms with E-state index in [9.17, 15) is 0 Å². The molecule has 1 atom stereocenters. The molecule has 1 unspecified atom stereocenters. The van der Waals surface area contributed by atoms with E-state index in [1.54, 1.807) is 0 Å². The van der Waals surface area contributed by atoms with Crippen molar-refractivity contribution in [3.63, 3.8) is 0 Å². The Bertz CT molecular complexity index is 195. The lowest BCUT2D eigenvalue weighted by Gasteiger charge is -1.98. The van der Waals surface area contributed by atoms with Crippen molar-refractivity contribution in [2.24, 2.45) is 0 Å². The molecular formula is C7H11N2P. The summed E-state index contributed by atoms with van der Waals surface area (Å²) in [6.45, 7) is 0.866. The molecule has 10 heavy (non-hydrogen) atoms. The summed E-state index contributed by atoms with van der Waals surface area (Å²) in [6, 6.07) is 7.81. The zero-order chi connectivity index (χ0) is 7.40. The number of hydrogen-bond acceptors (Lipinski definition) is 2. The number of anilines is 1. The standard InChI is InChI=1S/C7H11N2P/c8-7-3-1-6(2-4-7)5-9-10/h1-4,9H,5,8,10H2. The van der Waals surface area contributed by atoms with Gasteiger partial charge in [0.05, 0.1) is 0 Å². The molecule has 0 aliphatic rings. The van der Waals surface area contributed by atoms with Gasteiger partial charge in [-0.15, -0.1) is 0 Å². The fourth-order valence-electron chi connectivity index (χ4n) is 0.753. The Morgan fingerprint density at radius 1 is 1.30 bits per heavy atom. The minimum atomic E-state index is 0.813. The van der Waals surface area contributed by atoms with Crippen molar-refractivity contribution in [1.29, 1.82) is 0 Å². The van der Waals surface area contributed by atoms with Gasteiger partial charge in [-0.3, -0.25) is 5.09 Å². The number of nitrogens with two attached hydrogens (primary N) is 1. The van der Waals surface area contributed by atoms with Gasteiger partial charge in [0.25, 0.3) is 0 Å². The van der Waals surface area contributed by atoms with E-state index < -0.39 is 0 Å². The monoisotopic (exact) mass is 154 g/mol. The highest BCUT2D eigenvalue weighted by Crippen LogP contribution is 2.04. The molecule has 3 heteroatoms. The van der Waals surface area contributed by atoms with Gasteiger partial charge in [0, 0.05) is 12.2 Å². The highest BCUT2D eigenvalue weighted by Gasteiger charge is 1.87. The molecule has 0 heterocycles. The Labute approximate surface area is 63.1 Å². The lowest BCUT2D eigenvalue weighted by molar-refractivity contribution is 0.979. The maximum atomic E-state index is 5.50. The van der Waals surface area contributed by atoms with E-state index >= 15 is 0 Å². The second-order valence-electron chi connectivity index (χ2n) is 2.12. The predicted molar refractivity (Wildman–Crippen MR) is 47.4 cm³/mol. The number of benzene rings is 1. The van der Waals surface area contributed by atoms with Gasteiger partial charge >= 0.3 is 0 Å². The molecule has 2 nitrogen and oxygen atoms in total. The van der Waals surface area contributed by atoms with Crippen LogP contribution in [0.4, 0.5) is 5.69 Å². The predicted octanol–water partition coefficient (Wildman–Crippen LogP) is 1.15. The zero-order valence-electron chi connectivity index (χ0n) is 5.67. The van der Waals surface area contributed by atoms with Gasteiger partial charge in [0.15, 0.2) is 0 Å². The van der Waals surface area contributed by atoms with Crippen LogP contribution in [0.15, 0.2) is 24.3 Å². The Morgan fingerprint density at radius 3 is 2.40 bits per heavy atom. The molecule has 1 rings (SSSR count). The summed E-state index contributed by atoms with van der Waals surface area (Å²) < 4.78 is 0. The summed E-state index contributed by atoms with van der Waals surface area (Å²) in [5, 5.41) is 2.98. The number of hydrogen-bond donors (Lipinski definition) is 2.